The van der Waals surface area contributed by atoms with Crippen molar-refractivity contribution in [3.63, 3.8) is 0 Å². The Hall–Kier alpha value is -1.35. The van der Waals surface area contributed by atoms with Crippen molar-refractivity contribution in [2.24, 2.45) is 5.41 Å². The topological polar surface area (TPSA) is 41.1 Å². The van der Waals surface area contributed by atoms with Gasteiger partial charge in [0.25, 0.3) is 0 Å². The number of benzene rings is 1. The molecule has 19 heavy (non-hydrogen) atoms. The molecule has 3 nitrogen and oxygen atoms in total. The first kappa shape index (κ1) is 14.1. The van der Waals surface area contributed by atoms with E-state index in [9.17, 15) is 4.79 Å². The third-order valence-corrected chi connectivity index (χ3v) is 4.09. The summed E-state index contributed by atoms with van der Waals surface area (Å²) in [6.07, 6.45) is 4.12. The highest BCUT2D eigenvalue weighted by molar-refractivity contribution is 5.83. The maximum atomic E-state index is 12.2. The monoisotopic (exact) mass is 260 g/mol. The van der Waals surface area contributed by atoms with E-state index in [1.807, 2.05) is 7.05 Å². The molecule has 1 saturated carbocycles. The maximum absolute atomic E-state index is 12.2. The van der Waals surface area contributed by atoms with Crippen LogP contribution >= 0.6 is 0 Å². The normalized spacial score (nSPS) is 16.7. The molecule has 1 aromatic carbocycles. The fourth-order valence-corrected chi connectivity index (χ4v) is 2.80. The van der Waals surface area contributed by atoms with Gasteiger partial charge in [0.05, 0.1) is 5.41 Å². The van der Waals surface area contributed by atoms with Crippen molar-refractivity contribution < 1.29 is 4.79 Å². The smallest absolute Gasteiger partial charge is 0.227 e. The summed E-state index contributed by atoms with van der Waals surface area (Å²) >= 11 is 0. The molecule has 0 atom stereocenters. The zero-order valence-corrected chi connectivity index (χ0v) is 12.0. The van der Waals surface area contributed by atoms with E-state index in [1.54, 1.807) is 0 Å². The Balaban J connectivity index is 1.80. The van der Waals surface area contributed by atoms with E-state index >= 15 is 0 Å². The molecule has 2 rings (SSSR count). The van der Waals surface area contributed by atoms with Gasteiger partial charge in [-0.05, 0) is 38.8 Å². The van der Waals surface area contributed by atoms with E-state index in [4.69, 9.17) is 0 Å². The Morgan fingerprint density at radius 3 is 2.74 bits per heavy atom. The van der Waals surface area contributed by atoms with Gasteiger partial charge in [0.15, 0.2) is 0 Å². The lowest BCUT2D eigenvalue weighted by molar-refractivity contribution is -0.135. The Labute approximate surface area is 115 Å². The van der Waals surface area contributed by atoms with Gasteiger partial charge in [-0.25, -0.2) is 0 Å². The zero-order chi connectivity index (χ0) is 13.7. The van der Waals surface area contributed by atoms with Gasteiger partial charge in [0, 0.05) is 13.1 Å². The van der Waals surface area contributed by atoms with Crippen molar-refractivity contribution in [3.05, 3.63) is 35.4 Å². The predicted molar refractivity (Wildman–Crippen MR) is 78.1 cm³/mol. The first-order valence-corrected chi connectivity index (χ1v) is 7.15. The summed E-state index contributed by atoms with van der Waals surface area (Å²) in [7, 11) is 1.92. The Morgan fingerprint density at radius 2 is 2.16 bits per heavy atom. The van der Waals surface area contributed by atoms with Crippen LogP contribution in [0.1, 0.15) is 30.4 Å². The highest BCUT2D eigenvalue weighted by atomic mass is 16.2. The van der Waals surface area contributed by atoms with Crippen LogP contribution in [0, 0.1) is 12.3 Å². The molecule has 0 bridgehead atoms. The predicted octanol–water partition coefficient (Wildman–Crippen LogP) is 2.04. The lowest BCUT2D eigenvalue weighted by Crippen LogP contribution is -2.51. The summed E-state index contributed by atoms with van der Waals surface area (Å²) in [5, 5.41) is 6.25. The van der Waals surface area contributed by atoms with Crippen LogP contribution in [0.4, 0.5) is 0 Å². The summed E-state index contributed by atoms with van der Waals surface area (Å²) < 4.78 is 0. The number of carbonyl (C=O) groups excluding carboxylic acids is 1. The largest absolute Gasteiger partial charge is 0.355 e. The second kappa shape index (κ2) is 6.20. The molecule has 1 aliphatic rings. The zero-order valence-electron chi connectivity index (χ0n) is 12.0. The van der Waals surface area contributed by atoms with Crippen LogP contribution in [-0.4, -0.2) is 26.0 Å². The van der Waals surface area contributed by atoms with Gasteiger partial charge >= 0.3 is 0 Å². The number of rotatable bonds is 6. The molecule has 0 heterocycles. The third-order valence-electron chi connectivity index (χ3n) is 4.09. The van der Waals surface area contributed by atoms with E-state index in [-0.39, 0.29) is 11.3 Å². The van der Waals surface area contributed by atoms with Crippen molar-refractivity contribution in [1.82, 2.24) is 10.6 Å². The molecule has 0 saturated heterocycles. The second-order valence-electron chi connectivity index (χ2n) is 5.66. The molecule has 0 radical (unpaired) electrons. The number of amides is 1. The van der Waals surface area contributed by atoms with Crippen LogP contribution in [0.15, 0.2) is 24.3 Å². The van der Waals surface area contributed by atoms with E-state index in [0.29, 0.717) is 0 Å². The quantitative estimate of drug-likeness (QED) is 0.822. The van der Waals surface area contributed by atoms with Crippen molar-refractivity contribution >= 4 is 5.91 Å². The molecule has 1 aromatic rings. The van der Waals surface area contributed by atoms with Crippen LogP contribution in [0.5, 0.6) is 0 Å². The lowest BCUT2D eigenvalue weighted by Gasteiger charge is -2.40. The SMILES string of the molecule is CNCC1(C(=O)NCCc2cccc(C)c2)CCC1. The van der Waals surface area contributed by atoms with E-state index in [0.717, 1.165) is 32.4 Å². The average Bonchev–Trinajstić information content (AvgIpc) is 2.33. The third kappa shape index (κ3) is 3.35. The van der Waals surface area contributed by atoms with E-state index in [1.165, 1.54) is 17.5 Å². The summed E-state index contributed by atoms with van der Waals surface area (Å²) in [5.41, 5.74) is 2.42. The molecule has 1 aliphatic carbocycles. The van der Waals surface area contributed by atoms with Gasteiger partial charge in [-0.1, -0.05) is 36.2 Å². The minimum atomic E-state index is -0.138. The molecular weight excluding hydrogens is 236 g/mol. The highest BCUT2D eigenvalue weighted by Gasteiger charge is 2.43. The fourth-order valence-electron chi connectivity index (χ4n) is 2.80. The van der Waals surface area contributed by atoms with Gasteiger partial charge in [-0.2, -0.15) is 0 Å². The second-order valence-corrected chi connectivity index (χ2v) is 5.66. The molecule has 104 valence electrons. The van der Waals surface area contributed by atoms with Gasteiger partial charge < -0.3 is 10.6 Å². The van der Waals surface area contributed by atoms with E-state index < -0.39 is 0 Å². The standard InChI is InChI=1S/C16H24N2O/c1-13-5-3-6-14(11-13)7-10-18-15(19)16(12-17-2)8-4-9-16/h3,5-6,11,17H,4,7-10,12H2,1-2H3,(H,18,19). The molecule has 0 aliphatic heterocycles. The summed E-state index contributed by atoms with van der Waals surface area (Å²) in [6.45, 7) is 3.62. The van der Waals surface area contributed by atoms with Crippen LogP contribution in [0.25, 0.3) is 0 Å². The summed E-state index contributed by atoms with van der Waals surface area (Å²) in [6, 6.07) is 8.46. The van der Waals surface area contributed by atoms with Crippen molar-refractivity contribution in [2.45, 2.75) is 32.6 Å². The van der Waals surface area contributed by atoms with Crippen LogP contribution < -0.4 is 10.6 Å². The number of hydrogen-bond acceptors (Lipinski definition) is 2. The number of hydrogen-bond donors (Lipinski definition) is 2. The molecular formula is C16H24N2O. The Bertz CT molecular complexity index is 438. The van der Waals surface area contributed by atoms with Crippen LogP contribution in [0.3, 0.4) is 0 Å². The maximum Gasteiger partial charge on any atom is 0.227 e. The van der Waals surface area contributed by atoms with Gasteiger partial charge in [0.1, 0.15) is 0 Å². The Kier molecular flexibility index (Phi) is 4.59. The van der Waals surface area contributed by atoms with Crippen molar-refractivity contribution in [3.8, 4) is 0 Å². The fraction of sp³-hybridized carbons (Fsp3) is 0.562. The molecule has 3 heteroatoms. The molecule has 0 spiro atoms. The first-order valence-electron chi connectivity index (χ1n) is 7.15. The molecule has 1 fully saturated rings. The first-order chi connectivity index (χ1) is 9.16. The highest BCUT2D eigenvalue weighted by Crippen LogP contribution is 2.40. The van der Waals surface area contributed by atoms with Crippen LogP contribution in [0.2, 0.25) is 0 Å². The van der Waals surface area contributed by atoms with Gasteiger partial charge in [-0.15, -0.1) is 0 Å². The van der Waals surface area contributed by atoms with E-state index in [2.05, 4.69) is 41.8 Å². The summed E-state index contributed by atoms with van der Waals surface area (Å²) in [5.74, 6) is 0.223. The Morgan fingerprint density at radius 1 is 1.37 bits per heavy atom. The van der Waals surface area contributed by atoms with Crippen molar-refractivity contribution in [1.29, 1.82) is 0 Å². The molecule has 2 N–H and O–H groups in total. The van der Waals surface area contributed by atoms with Gasteiger partial charge in [-0.3, -0.25) is 4.79 Å². The minimum absolute atomic E-state index is 0.138. The number of nitrogens with one attached hydrogen (secondary N) is 2. The molecule has 0 aromatic heterocycles. The lowest BCUT2D eigenvalue weighted by atomic mass is 9.68. The van der Waals surface area contributed by atoms with Gasteiger partial charge in [0.2, 0.25) is 5.91 Å². The molecule has 0 unspecified atom stereocenters. The number of aryl methyl sites for hydroxylation is 1. The van der Waals surface area contributed by atoms with Crippen molar-refractivity contribution in [2.75, 3.05) is 20.1 Å². The summed E-state index contributed by atoms with van der Waals surface area (Å²) in [4.78, 5) is 12.2. The number of carbonyl (C=O) groups is 1. The average molecular weight is 260 g/mol. The minimum Gasteiger partial charge on any atom is -0.355 e. The van der Waals surface area contributed by atoms with Crippen LogP contribution in [-0.2, 0) is 11.2 Å². The molecule has 1 amide bonds.